The maximum Gasteiger partial charge on any atom is 0.330 e. The molecular formula is C19H18ClN5O5. The number of aliphatic hydroxyl groups is 1. The molecule has 3 aromatic rings. The van der Waals surface area contributed by atoms with Crippen molar-refractivity contribution in [3.8, 4) is 16.9 Å². The molecule has 30 heavy (non-hydrogen) atoms. The summed E-state index contributed by atoms with van der Waals surface area (Å²) in [6.07, 6.45) is 2.99. The highest BCUT2D eigenvalue weighted by Gasteiger charge is 2.24. The first kappa shape index (κ1) is 21.2. The van der Waals surface area contributed by atoms with E-state index in [0.29, 0.717) is 22.0 Å². The Morgan fingerprint density at radius 3 is 2.57 bits per heavy atom. The lowest BCUT2D eigenvalue weighted by molar-refractivity contribution is -0.143. The third-order valence-corrected chi connectivity index (χ3v) is 4.46. The summed E-state index contributed by atoms with van der Waals surface area (Å²) in [5.41, 5.74) is 0.275. The molecule has 156 valence electrons. The Morgan fingerprint density at radius 2 is 2.00 bits per heavy atom. The normalized spacial score (nSPS) is 11.7. The molecule has 0 aliphatic heterocycles. The number of aromatic nitrogens is 4. The number of ether oxygens (including phenoxy) is 1. The maximum atomic E-state index is 13.0. The molecule has 2 aromatic heterocycles. The summed E-state index contributed by atoms with van der Waals surface area (Å²) in [4.78, 5) is 37.4. The maximum absolute atomic E-state index is 13.0. The Labute approximate surface area is 175 Å². The first-order valence-corrected chi connectivity index (χ1v) is 9.10. The first-order chi connectivity index (χ1) is 14.3. The SMILES string of the molecule is COC(=O)[C@H](CO)NC(=O)c1cc(-c2ccc(Cl)cc2)nn(-c2cnn(C)c2)c1=O. The Bertz CT molecular complexity index is 1140. The van der Waals surface area contributed by atoms with E-state index < -0.39 is 30.1 Å². The van der Waals surface area contributed by atoms with Gasteiger partial charge in [-0.3, -0.25) is 14.3 Å². The van der Waals surface area contributed by atoms with Crippen LogP contribution in [0.3, 0.4) is 0 Å². The lowest BCUT2D eigenvalue weighted by Gasteiger charge is -2.14. The summed E-state index contributed by atoms with van der Waals surface area (Å²) in [7, 11) is 2.80. The molecule has 0 radical (unpaired) electrons. The lowest BCUT2D eigenvalue weighted by atomic mass is 10.1. The zero-order valence-corrected chi connectivity index (χ0v) is 16.8. The number of carbonyl (C=O) groups is 2. The zero-order valence-electron chi connectivity index (χ0n) is 16.1. The van der Waals surface area contributed by atoms with Crippen LogP contribution < -0.4 is 10.9 Å². The fraction of sp³-hybridized carbons (Fsp3) is 0.211. The van der Waals surface area contributed by atoms with Gasteiger partial charge >= 0.3 is 5.97 Å². The number of nitrogens with one attached hydrogen (secondary N) is 1. The highest BCUT2D eigenvalue weighted by atomic mass is 35.5. The Hall–Kier alpha value is -3.50. The second-order valence-corrected chi connectivity index (χ2v) is 6.71. The number of aryl methyl sites for hydroxylation is 1. The topological polar surface area (TPSA) is 128 Å². The van der Waals surface area contributed by atoms with Crippen LogP contribution in [0.15, 0.2) is 47.5 Å². The molecule has 0 bridgehead atoms. The molecule has 0 aliphatic rings. The number of esters is 1. The van der Waals surface area contributed by atoms with Gasteiger partial charge in [0.25, 0.3) is 11.5 Å². The van der Waals surface area contributed by atoms with Gasteiger partial charge in [0.05, 0.1) is 31.8 Å². The van der Waals surface area contributed by atoms with Crippen LogP contribution in [0.2, 0.25) is 5.02 Å². The minimum absolute atomic E-state index is 0.277. The van der Waals surface area contributed by atoms with E-state index in [9.17, 15) is 19.5 Å². The lowest BCUT2D eigenvalue weighted by Crippen LogP contribution is -2.46. The Balaban J connectivity index is 2.12. The molecule has 0 fully saturated rings. The number of benzene rings is 1. The number of amides is 1. The van der Waals surface area contributed by atoms with Crippen LogP contribution in [-0.2, 0) is 16.6 Å². The molecule has 0 saturated heterocycles. The molecule has 1 amide bonds. The highest BCUT2D eigenvalue weighted by Crippen LogP contribution is 2.20. The number of hydrogen-bond donors (Lipinski definition) is 2. The van der Waals surface area contributed by atoms with Gasteiger partial charge in [0, 0.05) is 17.6 Å². The van der Waals surface area contributed by atoms with Crippen molar-refractivity contribution in [2.75, 3.05) is 13.7 Å². The third-order valence-electron chi connectivity index (χ3n) is 4.21. The molecule has 3 rings (SSSR count). The number of rotatable bonds is 6. The van der Waals surface area contributed by atoms with Gasteiger partial charge in [0.2, 0.25) is 0 Å². The van der Waals surface area contributed by atoms with E-state index in [4.69, 9.17) is 11.6 Å². The summed E-state index contributed by atoms with van der Waals surface area (Å²) in [6.45, 7) is -0.690. The summed E-state index contributed by atoms with van der Waals surface area (Å²) in [5, 5.41) is 20.5. The molecule has 2 N–H and O–H groups in total. The van der Waals surface area contributed by atoms with Gasteiger partial charge < -0.3 is 15.2 Å². The van der Waals surface area contributed by atoms with Gasteiger partial charge in [0.1, 0.15) is 11.3 Å². The van der Waals surface area contributed by atoms with Crippen molar-refractivity contribution in [1.82, 2.24) is 24.9 Å². The van der Waals surface area contributed by atoms with E-state index in [-0.39, 0.29) is 5.56 Å². The molecule has 0 unspecified atom stereocenters. The second-order valence-electron chi connectivity index (χ2n) is 6.27. The number of methoxy groups -OCH3 is 1. The second kappa shape index (κ2) is 8.89. The van der Waals surface area contributed by atoms with Gasteiger partial charge in [-0.2, -0.15) is 14.9 Å². The molecule has 10 nitrogen and oxygen atoms in total. The number of halogens is 1. The zero-order chi connectivity index (χ0) is 21.8. The molecule has 2 heterocycles. The first-order valence-electron chi connectivity index (χ1n) is 8.73. The summed E-state index contributed by atoms with van der Waals surface area (Å²) >= 11 is 5.93. The van der Waals surface area contributed by atoms with E-state index in [0.717, 1.165) is 11.8 Å². The van der Waals surface area contributed by atoms with E-state index in [1.807, 2.05) is 0 Å². The quantitative estimate of drug-likeness (QED) is 0.545. The van der Waals surface area contributed by atoms with Gasteiger partial charge in [-0.1, -0.05) is 23.7 Å². The van der Waals surface area contributed by atoms with Crippen molar-refractivity contribution < 1.29 is 19.4 Å². The molecular weight excluding hydrogens is 414 g/mol. The van der Waals surface area contributed by atoms with Crippen molar-refractivity contribution in [3.63, 3.8) is 0 Å². The molecule has 1 atom stereocenters. The monoisotopic (exact) mass is 431 g/mol. The Kier molecular flexibility index (Phi) is 6.28. The molecule has 0 aliphatic carbocycles. The van der Waals surface area contributed by atoms with E-state index in [1.165, 1.54) is 16.9 Å². The van der Waals surface area contributed by atoms with Gasteiger partial charge in [0.15, 0.2) is 6.04 Å². The summed E-state index contributed by atoms with van der Waals surface area (Å²) in [6, 6.07) is 6.67. The molecule has 11 heteroatoms. The van der Waals surface area contributed by atoms with Crippen LogP contribution in [-0.4, -0.2) is 56.3 Å². The van der Waals surface area contributed by atoms with Gasteiger partial charge in [-0.25, -0.2) is 4.79 Å². The Morgan fingerprint density at radius 1 is 1.30 bits per heavy atom. The van der Waals surface area contributed by atoms with Crippen molar-refractivity contribution in [3.05, 3.63) is 63.7 Å². The fourth-order valence-corrected chi connectivity index (χ4v) is 2.79. The predicted molar refractivity (Wildman–Crippen MR) is 107 cm³/mol. The number of nitrogens with zero attached hydrogens (tertiary/aromatic N) is 4. The van der Waals surface area contributed by atoms with Crippen LogP contribution in [0.1, 0.15) is 10.4 Å². The standard InChI is InChI=1S/C19H18ClN5O5/c1-24-9-13(8-21-24)25-18(28)14(17(27)22-16(10-26)19(29)30-2)7-15(23-25)11-3-5-12(20)6-4-11/h3-9,16,26H,10H2,1-2H3,(H,22,27)/t16-/m0/s1. The van der Waals surface area contributed by atoms with Gasteiger partial charge in [-0.05, 0) is 18.2 Å². The number of carbonyl (C=O) groups excluding carboxylic acids is 2. The fourth-order valence-electron chi connectivity index (χ4n) is 2.67. The molecule has 1 aromatic carbocycles. The van der Waals surface area contributed by atoms with Crippen molar-refractivity contribution in [2.45, 2.75) is 6.04 Å². The number of hydrogen-bond acceptors (Lipinski definition) is 7. The number of aliphatic hydroxyl groups excluding tert-OH is 1. The largest absolute Gasteiger partial charge is 0.467 e. The third kappa shape index (κ3) is 4.39. The van der Waals surface area contributed by atoms with Crippen LogP contribution in [0.4, 0.5) is 0 Å². The van der Waals surface area contributed by atoms with E-state index >= 15 is 0 Å². The summed E-state index contributed by atoms with van der Waals surface area (Å²) in [5.74, 6) is -1.70. The predicted octanol–water partition coefficient (Wildman–Crippen LogP) is 0.550. The molecule has 0 saturated carbocycles. The van der Waals surface area contributed by atoms with Crippen LogP contribution in [0.5, 0.6) is 0 Å². The van der Waals surface area contributed by atoms with Crippen molar-refractivity contribution in [1.29, 1.82) is 0 Å². The van der Waals surface area contributed by atoms with Crippen molar-refractivity contribution >= 4 is 23.5 Å². The van der Waals surface area contributed by atoms with Gasteiger partial charge in [-0.15, -0.1) is 0 Å². The van der Waals surface area contributed by atoms with E-state index in [1.54, 1.807) is 37.5 Å². The average Bonchev–Trinajstić information content (AvgIpc) is 3.18. The minimum Gasteiger partial charge on any atom is -0.467 e. The van der Waals surface area contributed by atoms with Crippen LogP contribution in [0, 0.1) is 0 Å². The summed E-state index contributed by atoms with van der Waals surface area (Å²) < 4.78 is 7.06. The average molecular weight is 432 g/mol. The van der Waals surface area contributed by atoms with E-state index in [2.05, 4.69) is 20.3 Å². The van der Waals surface area contributed by atoms with Crippen molar-refractivity contribution in [2.24, 2.45) is 7.05 Å². The molecule has 0 spiro atoms. The minimum atomic E-state index is -1.32. The van der Waals surface area contributed by atoms with Crippen LogP contribution >= 0.6 is 11.6 Å². The highest BCUT2D eigenvalue weighted by molar-refractivity contribution is 6.30. The van der Waals surface area contributed by atoms with Crippen LogP contribution in [0.25, 0.3) is 16.9 Å². The smallest absolute Gasteiger partial charge is 0.330 e.